The number of aromatic nitrogens is 2. The Bertz CT molecular complexity index is 1340. The van der Waals surface area contributed by atoms with Gasteiger partial charge in [0.25, 0.3) is 0 Å². The second-order valence-corrected chi connectivity index (χ2v) is 11.8. The van der Waals surface area contributed by atoms with Crippen LogP contribution in [-0.2, 0) is 14.6 Å². The lowest BCUT2D eigenvalue weighted by atomic mass is 9.94. The van der Waals surface area contributed by atoms with Crippen LogP contribution < -0.4 is 5.32 Å². The van der Waals surface area contributed by atoms with E-state index in [-0.39, 0.29) is 12.0 Å². The summed E-state index contributed by atoms with van der Waals surface area (Å²) in [6.45, 7) is 4.50. The molecule has 1 saturated heterocycles. The topological polar surface area (TPSA) is 87.3 Å². The number of likely N-dealkylation sites (tertiary alicyclic amines) is 1. The zero-order valence-corrected chi connectivity index (χ0v) is 20.9. The summed E-state index contributed by atoms with van der Waals surface area (Å²) in [5, 5.41) is 4.81. The van der Waals surface area contributed by atoms with E-state index in [1.165, 1.54) is 0 Å². The van der Waals surface area contributed by atoms with Crippen molar-refractivity contribution in [3.05, 3.63) is 64.6 Å². The van der Waals surface area contributed by atoms with Gasteiger partial charge in [-0.1, -0.05) is 30.7 Å². The molecule has 2 aliphatic rings. The van der Waals surface area contributed by atoms with E-state index in [9.17, 15) is 8.42 Å². The van der Waals surface area contributed by atoms with Crippen molar-refractivity contribution in [1.82, 2.24) is 20.2 Å². The molecule has 2 aliphatic heterocycles. The van der Waals surface area contributed by atoms with E-state index >= 15 is 0 Å². The normalized spacial score (nSPS) is 19.6. The third-order valence-electron chi connectivity index (χ3n) is 6.78. The van der Waals surface area contributed by atoms with Crippen LogP contribution in [-0.4, -0.2) is 55.8 Å². The van der Waals surface area contributed by atoms with E-state index in [1.807, 2.05) is 18.3 Å². The fourth-order valence-corrected chi connectivity index (χ4v) is 5.79. The Kier molecular flexibility index (Phi) is 6.41. The zero-order chi connectivity index (χ0) is 23.9. The second kappa shape index (κ2) is 9.34. The van der Waals surface area contributed by atoms with Crippen molar-refractivity contribution in [2.45, 2.75) is 30.9 Å². The summed E-state index contributed by atoms with van der Waals surface area (Å²) in [4.78, 5) is 10.6. The SMILES string of the molecule is CCS(=O)(=O)c1cccc(C2=CNC(OCC3CCN(C)CC3)c3[nH]c4ncc(Cl)cc4c32)c1. The minimum Gasteiger partial charge on any atom is -0.361 e. The van der Waals surface area contributed by atoms with Crippen LogP contribution in [0.4, 0.5) is 0 Å². The van der Waals surface area contributed by atoms with E-state index in [2.05, 4.69) is 27.2 Å². The van der Waals surface area contributed by atoms with Crippen LogP contribution in [0.5, 0.6) is 0 Å². The van der Waals surface area contributed by atoms with E-state index < -0.39 is 9.84 Å². The lowest BCUT2D eigenvalue weighted by Gasteiger charge is -2.31. The van der Waals surface area contributed by atoms with Crippen molar-refractivity contribution in [2.24, 2.45) is 5.92 Å². The number of aromatic amines is 1. The number of halogens is 1. The first kappa shape index (κ1) is 23.4. The molecule has 0 saturated carbocycles. The predicted molar refractivity (Wildman–Crippen MR) is 134 cm³/mol. The van der Waals surface area contributed by atoms with Gasteiger partial charge in [0.2, 0.25) is 0 Å². The molecule has 1 fully saturated rings. The molecule has 4 heterocycles. The molecule has 2 aromatic heterocycles. The molecule has 7 nitrogen and oxygen atoms in total. The average Bonchev–Trinajstić information content (AvgIpc) is 3.22. The Morgan fingerprint density at radius 3 is 2.79 bits per heavy atom. The molecule has 1 unspecified atom stereocenters. The van der Waals surface area contributed by atoms with Gasteiger partial charge in [-0.3, -0.25) is 0 Å². The Balaban J connectivity index is 1.52. The molecule has 1 aromatic carbocycles. The summed E-state index contributed by atoms with van der Waals surface area (Å²) in [7, 11) is -1.17. The van der Waals surface area contributed by atoms with E-state index in [1.54, 1.807) is 31.3 Å². The number of nitrogens with one attached hydrogen (secondary N) is 2. The molecular weight excluding hydrogens is 472 g/mol. The van der Waals surface area contributed by atoms with Gasteiger partial charge < -0.3 is 19.9 Å². The predicted octanol–water partition coefficient (Wildman–Crippen LogP) is 4.36. The quantitative estimate of drug-likeness (QED) is 0.523. The lowest BCUT2D eigenvalue weighted by molar-refractivity contribution is -0.000304. The fourth-order valence-electron chi connectivity index (χ4n) is 4.71. The molecule has 9 heteroatoms. The van der Waals surface area contributed by atoms with Gasteiger partial charge >= 0.3 is 0 Å². The Morgan fingerprint density at radius 2 is 2.03 bits per heavy atom. The smallest absolute Gasteiger partial charge is 0.178 e. The van der Waals surface area contributed by atoms with Gasteiger partial charge in [-0.2, -0.15) is 0 Å². The minimum atomic E-state index is -3.33. The van der Waals surface area contributed by atoms with Gasteiger partial charge in [0.05, 0.1) is 28.0 Å². The Morgan fingerprint density at radius 1 is 1.24 bits per heavy atom. The second-order valence-electron chi connectivity index (χ2n) is 9.08. The van der Waals surface area contributed by atoms with Crippen LogP contribution in [0.25, 0.3) is 16.6 Å². The molecule has 5 rings (SSSR count). The molecule has 180 valence electrons. The summed E-state index contributed by atoms with van der Waals surface area (Å²) in [5.41, 5.74) is 4.20. The fraction of sp³-hybridized carbons (Fsp3) is 0.400. The summed E-state index contributed by atoms with van der Waals surface area (Å²) >= 11 is 6.30. The highest BCUT2D eigenvalue weighted by molar-refractivity contribution is 7.91. The number of sulfone groups is 1. The van der Waals surface area contributed by atoms with Crippen LogP contribution in [0, 0.1) is 5.92 Å². The zero-order valence-electron chi connectivity index (χ0n) is 19.3. The van der Waals surface area contributed by atoms with Crippen molar-refractivity contribution in [1.29, 1.82) is 0 Å². The minimum absolute atomic E-state index is 0.0541. The third-order valence-corrected chi connectivity index (χ3v) is 8.72. The average molecular weight is 501 g/mol. The first-order chi connectivity index (χ1) is 16.4. The van der Waals surface area contributed by atoms with E-state index in [4.69, 9.17) is 16.3 Å². The molecule has 1 atom stereocenters. The van der Waals surface area contributed by atoms with Crippen LogP contribution >= 0.6 is 11.6 Å². The van der Waals surface area contributed by atoms with Gasteiger partial charge in [-0.05, 0) is 62.7 Å². The number of H-pyrrole nitrogens is 1. The number of rotatable bonds is 6. The molecular formula is C25H29ClN4O3S. The lowest BCUT2D eigenvalue weighted by Crippen LogP contribution is -2.33. The first-order valence-electron chi connectivity index (χ1n) is 11.6. The summed E-state index contributed by atoms with van der Waals surface area (Å²) < 4.78 is 31.4. The van der Waals surface area contributed by atoms with Gasteiger partial charge in [0.1, 0.15) is 5.65 Å². The molecule has 0 spiro atoms. The van der Waals surface area contributed by atoms with E-state index in [0.29, 0.717) is 28.1 Å². The molecule has 0 bridgehead atoms. The van der Waals surface area contributed by atoms with Crippen molar-refractivity contribution >= 4 is 38.0 Å². The van der Waals surface area contributed by atoms with Crippen molar-refractivity contribution in [3.8, 4) is 0 Å². The molecule has 0 radical (unpaired) electrons. The maximum Gasteiger partial charge on any atom is 0.178 e. The molecule has 0 amide bonds. The summed E-state index contributed by atoms with van der Waals surface area (Å²) in [6, 6.07) is 8.95. The van der Waals surface area contributed by atoms with Crippen molar-refractivity contribution in [3.63, 3.8) is 0 Å². The van der Waals surface area contributed by atoms with Crippen LogP contribution in [0.1, 0.15) is 42.8 Å². The maximum atomic E-state index is 12.5. The number of hydrogen-bond acceptors (Lipinski definition) is 6. The molecule has 2 N–H and O–H groups in total. The number of hydrogen-bond donors (Lipinski definition) is 2. The van der Waals surface area contributed by atoms with Crippen LogP contribution in [0.15, 0.2) is 47.6 Å². The standard InChI is InChI=1S/C25H29ClN4O3S/c1-3-34(31,32)19-6-4-5-17(11-19)21-14-28-25(33-15-16-7-9-30(2)10-8-16)23-22(21)20-12-18(26)13-27-24(20)29-23/h4-6,11-14,16,25,28H,3,7-10,15H2,1-2H3,(H,27,29). The number of nitrogens with zero attached hydrogens (tertiary/aromatic N) is 2. The number of benzene rings is 1. The highest BCUT2D eigenvalue weighted by Gasteiger charge is 2.29. The summed E-state index contributed by atoms with van der Waals surface area (Å²) in [5.74, 6) is 0.582. The van der Waals surface area contributed by atoms with Crippen molar-refractivity contribution in [2.75, 3.05) is 32.5 Å². The van der Waals surface area contributed by atoms with Gasteiger partial charge in [-0.25, -0.2) is 13.4 Å². The number of pyridine rings is 1. The third kappa shape index (κ3) is 4.47. The first-order valence-corrected chi connectivity index (χ1v) is 13.7. The Hall–Kier alpha value is -2.39. The van der Waals surface area contributed by atoms with Crippen LogP contribution in [0.3, 0.4) is 0 Å². The van der Waals surface area contributed by atoms with Crippen molar-refractivity contribution < 1.29 is 13.2 Å². The van der Waals surface area contributed by atoms with Crippen LogP contribution in [0.2, 0.25) is 5.02 Å². The van der Waals surface area contributed by atoms with Gasteiger partial charge in [-0.15, -0.1) is 0 Å². The molecule has 0 aliphatic carbocycles. The number of piperidine rings is 1. The largest absolute Gasteiger partial charge is 0.361 e. The Labute approximate surface area is 205 Å². The van der Waals surface area contributed by atoms with Gasteiger partial charge in [0, 0.05) is 28.9 Å². The highest BCUT2D eigenvalue weighted by atomic mass is 35.5. The number of fused-ring (bicyclic) bond motifs is 3. The van der Waals surface area contributed by atoms with E-state index in [0.717, 1.165) is 53.7 Å². The summed E-state index contributed by atoms with van der Waals surface area (Å²) in [6.07, 6.45) is 5.42. The number of ether oxygens (including phenoxy) is 1. The highest BCUT2D eigenvalue weighted by Crippen LogP contribution is 2.39. The molecule has 34 heavy (non-hydrogen) atoms. The molecule has 3 aromatic rings. The van der Waals surface area contributed by atoms with Gasteiger partial charge in [0.15, 0.2) is 16.1 Å². The maximum absolute atomic E-state index is 12.5. The monoisotopic (exact) mass is 500 g/mol.